The third kappa shape index (κ3) is 7.36. The van der Waals surface area contributed by atoms with Crippen molar-refractivity contribution in [2.24, 2.45) is 11.8 Å². The highest BCUT2D eigenvalue weighted by Crippen LogP contribution is 2.18. The van der Waals surface area contributed by atoms with E-state index >= 15 is 0 Å². The highest BCUT2D eigenvalue weighted by molar-refractivity contribution is 5.21. The lowest BCUT2D eigenvalue weighted by molar-refractivity contribution is -0.0372. The van der Waals surface area contributed by atoms with Gasteiger partial charge in [-0.05, 0) is 36.8 Å². The maximum Gasteiger partial charge on any atom is 0.0716 e. The lowest BCUT2D eigenvalue weighted by Crippen LogP contribution is -2.27. The minimum Gasteiger partial charge on any atom is -0.381 e. The van der Waals surface area contributed by atoms with Gasteiger partial charge in [0.25, 0.3) is 0 Å². The van der Waals surface area contributed by atoms with Gasteiger partial charge < -0.3 is 18.9 Å². The molecule has 0 amide bonds. The summed E-state index contributed by atoms with van der Waals surface area (Å²) in [6.07, 6.45) is 7.37. The van der Waals surface area contributed by atoms with Crippen LogP contribution in [0.25, 0.3) is 0 Å². The summed E-state index contributed by atoms with van der Waals surface area (Å²) in [5.74, 6) is 1.62. The first-order valence-electron chi connectivity index (χ1n) is 10.3. The number of rotatable bonds is 14. The fourth-order valence-corrected chi connectivity index (χ4v) is 3.29. The maximum atomic E-state index is 5.78. The summed E-state index contributed by atoms with van der Waals surface area (Å²) in [7, 11) is 0. The van der Waals surface area contributed by atoms with Gasteiger partial charge in [0.1, 0.15) is 0 Å². The second-order valence-electron chi connectivity index (χ2n) is 7.72. The van der Waals surface area contributed by atoms with Crippen molar-refractivity contribution < 1.29 is 18.9 Å². The van der Waals surface area contributed by atoms with Crippen LogP contribution in [-0.2, 0) is 32.2 Å². The first kappa shape index (κ1) is 19.8. The lowest BCUT2D eigenvalue weighted by atomic mass is 10.0. The largest absolute Gasteiger partial charge is 0.381 e. The zero-order chi connectivity index (χ0) is 17.9. The van der Waals surface area contributed by atoms with Crippen LogP contribution in [0.5, 0.6) is 0 Å². The second kappa shape index (κ2) is 11.7. The smallest absolute Gasteiger partial charge is 0.0716 e. The Bertz CT molecular complexity index is 434. The molecule has 2 aliphatic heterocycles. The molecule has 3 rings (SSSR count). The van der Waals surface area contributed by atoms with Gasteiger partial charge in [-0.2, -0.15) is 0 Å². The third-order valence-corrected chi connectivity index (χ3v) is 5.28. The molecular formula is C22H34O4. The summed E-state index contributed by atoms with van der Waals surface area (Å²) in [6.45, 7) is 6.98. The number of hydrogen-bond donors (Lipinski definition) is 0. The summed E-state index contributed by atoms with van der Waals surface area (Å²) in [6, 6.07) is 8.62. The van der Waals surface area contributed by atoms with Crippen molar-refractivity contribution in [3.63, 3.8) is 0 Å². The van der Waals surface area contributed by atoms with Gasteiger partial charge in [-0.15, -0.1) is 0 Å². The van der Waals surface area contributed by atoms with Crippen LogP contribution in [-0.4, -0.2) is 39.6 Å². The molecule has 0 radical (unpaired) electrons. The van der Waals surface area contributed by atoms with Gasteiger partial charge in [-0.3, -0.25) is 0 Å². The van der Waals surface area contributed by atoms with Crippen molar-refractivity contribution in [2.75, 3.05) is 39.6 Å². The average molecular weight is 363 g/mol. The van der Waals surface area contributed by atoms with Gasteiger partial charge in [-0.25, -0.2) is 0 Å². The Hall–Kier alpha value is -0.940. The molecule has 2 aliphatic rings. The predicted octanol–water partition coefficient (Wildman–Crippen LogP) is 4.35. The Kier molecular flexibility index (Phi) is 8.92. The zero-order valence-electron chi connectivity index (χ0n) is 16.0. The summed E-state index contributed by atoms with van der Waals surface area (Å²) >= 11 is 0. The number of hydrogen-bond acceptors (Lipinski definition) is 4. The summed E-state index contributed by atoms with van der Waals surface area (Å²) < 4.78 is 21.9. The van der Waals surface area contributed by atoms with E-state index in [-0.39, 0.29) is 0 Å². The molecular weight excluding hydrogens is 328 g/mol. The molecule has 2 fully saturated rings. The quantitative estimate of drug-likeness (QED) is 0.461. The van der Waals surface area contributed by atoms with Crippen LogP contribution in [0.1, 0.15) is 49.7 Å². The molecule has 0 unspecified atom stereocenters. The van der Waals surface area contributed by atoms with Crippen molar-refractivity contribution in [1.82, 2.24) is 0 Å². The van der Waals surface area contributed by atoms with Crippen LogP contribution in [0.15, 0.2) is 24.3 Å². The van der Waals surface area contributed by atoms with E-state index in [1.807, 2.05) is 0 Å². The third-order valence-electron chi connectivity index (χ3n) is 5.28. The summed E-state index contributed by atoms with van der Waals surface area (Å²) in [5.41, 5.74) is 2.48. The monoisotopic (exact) mass is 362 g/mol. The minimum absolute atomic E-state index is 0.707. The maximum absolute atomic E-state index is 5.78. The molecule has 0 atom stereocenters. The molecule has 4 heteroatoms. The molecule has 26 heavy (non-hydrogen) atoms. The zero-order valence-corrected chi connectivity index (χ0v) is 16.0. The Labute approximate surface area is 158 Å². The van der Waals surface area contributed by atoms with Gasteiger partial charge in [0.15, 0.2) is 0 Å². The van der Waals surface area contributed by atoms with Crippen molar-refractivity contribution >= 4 is 0 Å². The van der Waals surface area contributed by atoms with Crippen molar-refractivity contribution in [2.45, 2.75) is 51.7 Å². The fraction of sp³-hybridized carbons (Fsp3) is 0.727. The Morgan fingerprint density at radius 1 is 0.654 bits per heavy atom. The summed E-state index contributed by atoms with van der Waals surface area (Å²) in [5, 5.41) is 0. The van der Waals surface area contributed by atoms with Crippen LogP contribution in [0.3, 0.4) is 0 Å². The number of unbranched alkanes of at least 4 members (excludes halogenated alkanes) is 2. The van der Waals surface area contributed by atoms with E-state index in [9.17, 15) is 0 Å². The minimum atomic E-state index is 0.707. The van der Waals surface area contributed by atoms with Gasteiger partial charge in [-0.1, -0.05) is 37.1 Å². The normalized spacial score (nSPS) is 17.8. The van der Waals surface area contributed by atoms with Gasteiger partial charge in [0.2, 0.25) is 0 Å². The fourth-order valence-electron chi connectivity index (χ4n) is 3.29. The molecule has 2 saturated heterocycles. The van der Waals surface area contributed by atoms with E-state index < -0.39 is 0 Å². The Balaban J connectivity index is 1.16. The standard InChI is InChI=1S/C22H34O4/c1(5-21-15-25-16-21)3-11-23-13-19-7-9-20(10-8-19)14-24-12-4-2-6-22-17-26-18-22/h7-10,21-22H,1-6,11-18H2. The summed E-state index contributed by atoms with van der Waals surface area (Å²) in [4.78, 5) is 0. The topological polar surface area (TPSA) is 36.9 Å². The van der Waals surface area contributed by atoms with Crippen molar-refractivity contribution in [3.05, 3.63) is 35.4 Å². The van der Waals surface area contributed by atoms with E-state index in [0.29, 0.717) is 13.2 Å². The second-order valence-corrected chi connectivity index (χ2v) is 7.72. The van der Waals surface area contributed by atoms with Crippen molar-refractivity contribution in [3.8, 4) is 0 Å². The van der Waals surface area contributed by atoms with Crippen LogP contribution in [0.2, 0.25) is 0 Å². The van der Waals surface area contributed by atoms with E-state index in [1.54, 1.807) is 0 Å². The first-order valence-corrected chi connectivity index (χ1v) is 10.3. The molecule has 1 aromatic carbocycles. The molecule has 1 aromatic rings. The van der Waals surface area contributed by atoms with Crippen LogP contribution in [0.4, 0.5) is 0 Å². The van der Waals surface area contributed by atoms with Crippen LogP contribution >= 0.6 is 0 Å². The SMILES string of the molecule is c1cc(COCCCCC2COC2)ccc1COCCCCC1COC1. The molecule has 0 spiro atoms. The highest BCUT2D eigenvalue weighted by atomic mass is 16.5. The van der Waals surface area contributed by atoms with E-state index in [2.05, 4.69) is 24.3 Å². The lowest BCUT2D eigenvalue weighted by Gasteiger charge is -2.25. The van der Waals surface area contributed by atoms with Gasteiger partial charge >= 0.3 is 0 Å². The van der Waals surface area contributed by atoms with Crippen molar-refractivity contribution in [1.29, 1.82) is 0 Å². The molecule has 146 valence electrons. The van der Waals surface area contributed by atoms with Crippen LogP contribution in [0, 0.1) is 11.8 Å². The average Bonchev–Trinajstić information content (AvgIpc) is 2.58. The Morgan fingerprint density at radius 3 is 1.42 bits per heavy atom. The predicted molar refractivity (Wildman–Crippen MR) is 102 cm³/mol. The first-order chi connectivity index (χ1) is 12.9. The molecule has 0 bridgehead atoms. The van der Waals surface area contributed by atoms with E-state index in [1.165, 1.54) is 36.8 Å². The van der Waals surface area contributed by atoms with Crippen LogP contribution < -0.4 is 0 Å². The van der Waals surface area contributed by atoms with E-state index in [4.69, 9.17) is 18.9 Å². The molecule has 2 heterocycles. The molecule has 0 aromatic heterocycles. The number of benzene rings is 1. The molecule has 4 nitrogen and oxygen atoms in total. The molecule has 0 saturated carbocycles. The van der Waals surface area contributed by atoms with Gasteiger partial charge in [0.05, 0.1) is 39.6 Å². The van der Waals surface area contributed by atoms with E-state index in [0.717, 1.165) is 64.3 Å². The molecule has 0 aliphatic carbocycles. The Morgan fingerprint density at radius 2 is 1.08 bits per heavy atom. The molecule has 0 N–H and O–H groups in total. The van der Waals surface area contributed by atoms with Gasteiger partial charge in [0, 0.05) is 25.0 Å². The highest BCUT2D eigenvalue weighted by Gasteiger charge is 2.17. The number of ether oxygens (including phenoxy) is 4.